The predicted octanol–water partition coefficient (Wildman–Crippen LogP) is 6.59. The maximum atomic E-state index is 15.2. The van der Waals surface area contributed by atoms with Crippen LogP contribution in [0.4, 0.5) is 27.6 Å². The number of nitrogens with one attached hydrogen (secondary N) is 1. The molecular formula is C24H20ClF5N2O5. The molecule has 0 spiro atoms. The largest absolute Gasteiger partial charge is 0.480 e. The number of alkyl halides is 3. The summed E-state index contributed by atoms with van der Waals surface area (Å²) in [5, 5.41) is 1.91. The molecule has 1 aromatic heterocycles. The fourth-order valence-electron chi connectivity index (χ4n) is 3.11. The van der Waals surface area contributed by atoms with Gasteiger partial charge >= 0.3 is 12.1 Å². The number of hydrogen-bond acceptors (Lipinski definition) is 6. The minimum absolute atomic E-state index is 0.0295. The SMILES string of the molecule is CCOC(=O)c1nc(-c2cc(O[C@@H](C)C(F)(F)F)c(C(=O)Nc3c(F)cccc3Cl)cc2F)oc1CC. The number of halogens is 6. The van der Waals surface area contributed by atoms with Crippen molar-refractivity contribution in [1.29, 1.82) is 0 Å². The number of aromatic nitrogens is 1. The van der Waals surface area contributed by atoms with Gasteiger partial charge in [-0.15, -0.1) is 0 Å². The Labute approximate surface area is 212 Å². The van der Waals surface area contributed by atoms with Crippen LogP contribution < -0.4 is 10.1 Å². The number of benzene rings is 2. The van der Waals surface area contributed by atoms with Crippen LogP contribution in [0.2, 0.25) is 5.02 Å². The summed E-state index contributed by atoms with van der Waals surface area (Å²) in [7, 11) is 0. The van der Waals surface area contributed by atoms with Gasteiger partial charge in [0.15, 0.2) is 11.8 Å². The van der Waals surface area contributed by atoms with Crippen LogP contribution >= 0.6 is 11.6 Å². The van der Waals surface area contributed by atoms with E-state index < -0.39 is 64.2 Å². The van der Waals surface area contributed by atoms with E-state index in [2.05, 4.69) is 10.3 Å². The third-order valence-corrected chi connectivity index (χ3v) is 5.31. The number of carbonyl (C=O) groups is 2. The molecule has 0 unspecified atom stereocenters. The molecule has 3 rings (SSSR count). The van der Waals surface area contributed by atoms with E-state index in [0.717, 1.165) is 12.1 Å². The average Bonchev–Trinajstić information content (AvgIpc) is 3.26. The van der Waals surface area contributed by atoms with Crippen molar-refractivity contribution < 1.29 is 45.4 Å². The van der Waals surface area contributed by atoms with Crippen LogP contribution in [0.25, 0.3) is 11.5 Å². The summed E-state index contributed by atoms with van der Waals surface area (Å²) in [4.78, 5) is 29.0. The summed E-state index contributed by atoms with van der Waals surface area (Å²) >= 11 is 5.89. The zero-order valence-electron chi connectivity index (χ0n) is 19.6. The molecule has 0 saturated carbocycles. The third kappa shape index (κ3) is 6.19. The van der Waals surface area contributed by atoms with Gasteiger partial charge in [-0.3, -0.25) is 4.79 Å². The first-order chi connectivity index (χ1) is 17.4. The fraction of sp³-hybridized carbons (Fsp3) is 0.292. The number of oxazole rings is 1. The number of ether oxygens (including phenoxy) is 2. The zero-order chi connectivity index (χ0) is 27.5. The van der Waals surface area contributed by atoms with Crippen molar-refractivity contribution in [3.05, 3.63) is 64.0 Å². The Hall–Kier alpha value is -3.67. The molecule has 37 heavy (non-hydrogen) atoms. The molecule has 1 atom stereocenters. The van der Waals surface area contributed by atoms with Crippen molar-refractivity contribution in [3.63, 3.8) is 0 Å². The van der Waals surface area contributed by atoms with Crippen LogP contribution in [-0.4, -0.2) is 35.7 Å². The summed E-state index contributed by atoms with van der Waals surface area (Å²) in [5.74, 6) is -5.22. The molecule has 1 amide bonds. The van der Waals surface area contributed by atoms with Crippen LogP contribution in [0.3, 0.4) is 0 Å². The lowest BCUT2D eigenvalue weighted by molar-refractivity contribution is -0.189. The van der Waals surface area contributed by atoms with Gasteiger partial charge in [0.25, 0.3) is 5.91 Å². The highest BCUT2D eigenvalue weighted by atomic mass is 35.5. The molecule has 0 fully saturated rings. The quantitative estimate of drug-likeness (QED) is 0.253. The first-order valence-electron chi connectivity index (χ1n) is 10.9. The predicted molar refractivity (Wildman–Crippen MR) is 123 cm³/mol. The van der Waals surface area contributed by atoms with Crippen molar-refractivity contribution in [2.75, 3.05) is 11.9 Å². The minimum atomic E-state index is -4.84. The smallest absolute Gasteiger partial charge is 0.425 e. The molecule has 0 aliphatic heterocycles. The number of anilines is 1. The summed E-state index contributed by atoms with van der Waals surface area (Å²) in [5.41, 5.74) is -1.88. The minimum Gasteiger partial charge on any atom is -0.480 e. The average molecular weight is 547 g/mol. The van der Waals surface area contributed by atoms with Crippen molar-refractivity contribution >= 4 is 29.2 Å². The molecule has 0 aliphatic carbocycles. The second kappa shape index (κ2) is 11.2. The molecule has 0 saturated heterocycles. The summed E-state index contributed by atoms with van der Waals surface area (Å²) in [6.07, 6.45) is -7.09. The fourth-order valence-corrected chi connectivity index (χ4v) is 3.32. The first kappa shape index (κ1) is 27.9. The Kier molecular flexibility index (Phi) is 8.42. The van der Waals surface area contributed by atoms with E-state index in [9.17, 15) is 27.2 Å². The highest BCUT2D eigenvalue weighted by molar-refractivity contribution is 6.34. The maximum absolute atomic E-state index is 15.2. The van der Waals surface area contributed by atoms with Gasteiger partial charge in [0.2, 0.25) is 5.89 Å². The van der Waals surface area contributed by atoms with E-state index in [0.29, 0.717) is 13.0 Å². The summed E-state index contributed by atoms with van der Waals surface area (Å²) in [6, 6.07) is 4.88. The monoisotopic (exact) mass is 546 g/mol. The first-order valence-corrected chi connectivity index (χ1v) is 11.2. The van der Waals surface area contributed by atoms with Gasteiger partial charge in [0.05, 0.1) is 28.4 Å². The molecule has 0 bridgehead atoms. The number of amides is 1. The van der Waals surface area contributed by atoms with E-state index in [1.165, 1.54) is 12.1 Å². The topological polar surface area (TPSA) is 90.7 Å². The standard InChI is InChI=1S/C24H20ClF5N2O5/c1-4-17-20(23(34)35-5-2)32-22(37-17)12-10-18(36-11(3)24(28,29)30)13(9-16(12)27)21(33)31-19-14(25)7-6-8-15(19)26/h6-11H,4-5H2,1-3H3,(H,31,33)/t11-/m0/s1. The van der Waals surface area contributed by atoms with Gasteiger partial charge in [0.1, 0.15) is 23.1 Å². The van der Waals surface area contributed by atoms with Crippen LogP contribution in [-0.2, 0) is 11.2 Å². The van der Waals surface area contributed by atoms with E-state index in [1.807, 2.05) is 0 Å². The number of nitrogens with zero attached hydrogens (tertiary/aromatic N) is 1. The lowest BCUT2D eigenvalue weighted by Crippen LogP contribution is -2.32. The van der Waals surface area contributed by atoms with Crippen LogP contribution in [0.1, 0.15) is 47.4 Å². The lowest BCUT2D eigenvalue weighted by atomic mass is 10.1. The van der Waals surface area contributed by atoms with Gasteiger partial charge in [0, 0.05) is 6.42 Å². The number of rotatable bonds is 8. The molecule has 3 aromatic rings. The van der Waals surface area contributed by atoms with Crippen LogP contribution in [0.5, 0.6) is 5.75 Å². The normalized spacial score (nSPS) is 12.2. The Morgan fingerprint density at radius 3 is 2.46 bits per heavy atom. The van der Waals surface area contributed by atoms with Crippen molar-refractivity contribution in [1.82, 2.24) is 4.98 Å². The van der Waals surface area contributed by atoms with E-state index in [4.69, 9.17) is 25.5 Å². The molecule has 7 nitrogen and oxygen atoms in total. The molecule has 1 heterocycles. The molecule has 13 heteroatoms. The Balaban J connectivity index is 2.11. The number of esters is 1. The highest BCUT2D eigenvalue weighted by Crippen LogP contribution is 2.35. The van der Waals surface area contributed by atoms with Gasteiger partial charge in [-0.05, 0) is 38.1 Å². The summed E-state index contributed by atoms with van der Waals surface area (Å²) in [6.45, 7) is 3.90. The number of aryl methyl sites for hydroxylation is 1. The molecule has 0 radical (unpaired) electrons. The van der Waals surface area contributed by atoms with Crippen LogP contribution in [0.15, 0.2) is 34.7 Å². The Bertz CT molecular complexity index is 1310. The molecular weight excluding hydrogens is 527 g/mol. The molecule has 2 aromatic carbocycles. The van der Waals surface area contributed by atoms with Gasteiger partial charge in [-0.1, -0.05) is 24.6 Å². The second-order valence-corrected chi connectivity index (χ2v) is 7.95. The third-order valence-electron chi connectivity index (χ3n) is 5.00. The van der Waals surface area contributed by atoms with Crippen molar-refractivity contribution in [3.8, 4) is 17.2 Å². The van der Waals surface area contributed by atoms with E-state index in [1.54, 1.807) is 13.8 Å². The molecule has 198 valence electrons. The lowest BCUT2D eigenvalue weighted by Gasteiger charge is -2.20. The summed E-state index contributed by atoms with van der Waals surface area (Å²) < 4.78 is 84.3. The van der Waals surface area contributed by atoms with Crippen LogP contribution in [0, 0.1) is 11.6 Å². The molecule has 0 aliphatic rings. The Morgan fingerprint density at radius 2 is 1.86 bits per heavy atom. The Morgan fingerprint density at radius 1 is 1.16 bits per heavy atom. The van der Waals surface area contributed by atoms with E-state index in [-0.39, 0.29) is 29.5 Å². The number of hydrogen-bond donors (Lipinski definition) is 1. The highest BCUT2D eigenvalue weighted by Gasteiger charge is 2.39. The van der Waals surface area contributed by atoms with E-state index >= 15 is 4.39 Å². The zero-order valence-corrected chi connectivity index (χ0v) is 20.4. The maximum Gasteiger partial charge on any atom is 0.425 e. The number of para-hydroxylation sites is 1. The molecule has 1 N–H and O–H groups in total. The van der Waals surface area contributed by atoms with Gasteiger partial charge in [-0.2, -0.15) is 13.2 Å². The second-order valence-electron chi connectivity index (χ2n) is 7.55. The van der Waals surface area contributed by atoms with Gasteiger partial charge in [-0.25, -0.2) is 18.6 Å². The van der Waals surface area contributed by atoms with Crippen molar-refractivity contribution in [2.45, 2.75) is 39.5 Å². The van der Waals surface area contributed by atoms with Gasteiger partial charge < -0.3 is 19.2 Å². The van der Waals surface area contributed by atoms with Crippen molar-refractivity contribution in [2.24, 2.45) is 0 Å². The number of carbonyl (C=O) groups excluding carboxylic acids is 2.